The van der Waals surface area contributed by atoms with Crippen molar-refractivity contribution in [3.8, 4) is 0 Å². The van der Waals surface area contributed by atoms with Gasteiger partial charge in [0.15, 0.2) is 0 Å². The number of nitrogens with two attached hydrogens (primary N) is 3. The highest BCUT2D eigenvalue weighted by molar-refractivity contribution is 6.00. The number of anilines is 2. The molecular formula is C13H15ClN4. The molecule has 0 saturated heterocycles. The number of nitrogen functional groups attached to an aromatic ring is 2. The Labute approximate surface area is 112 Å². The molecule has 0 spiro atoms. The summed E-state index contributed by atoms with van der Waals surface area (Å²) in [4.78, 5) is 4.30. The lowest BCUT2D eigenvalue weighted by atomic mass is 10.1. The van der Waals surface area contributed by atoms with E-state index < -0.39 is 0 Å². The average Bonchev–Trinajstić information content (AvgIpc) is 2.34. The Morgan fingerprint density at radius 2 is 1.56 bits per heavy atom. The summed E-state index contributed by atoms with van der Waals surface area (Å²) in [5, 5.41) is 0. The van der Waals surface area contributed by atoms with Gasteiger partial charge in [0.25, 0.3) is 0 Å². The molecule has 94 valence electrons. The van der Waals surface area contributed by atoms with E-state index in [2.05, 4.69) is 4.99 Å². The Kier molecular flexibility index (Phi) is 4.57. The highest BCUT2D eigenvalue weighted by Crippen LogP contribution is 2.17. The van der Waals surface area contributed by atoms with Gasteiger partial charge in [-0.3, -0.25) is 0 Å². The summed E-state index contributed by atoms with van der Waals surface area (Å²) in [7, 11) is 0. The van der Waals surface area contributed by atoms with E-state index in [-0.39, 0.29) is 12.4 Å². The average molecular weight is 263 g/mol. The van der Waals surface area contributed by atoms with Crippen LogP contribution in [-0.4, -0.2) is 5.84 Å². The van der Waals surface area contributed by atoms with E-state index in [1.165, 1.54) is 0 Å². The number of amidine groups is 1. The van der Waals surface area contributed by atoms with Gasteiger partial charge in [0.2, 0.25) is 0 Å². The van der Waals surface area contributed by atoms with Crippen LogP contribution in [0.4, 0.5) is 17.1 Å². The molecule has 0 aliphatic carbocycles. The van der Waals surface area contributed by atoms with Gasteiger partial charge < -0.3 is 17.2 Å². The molecule has 0 unspecified atom stereocenters. The third kappa shape index (κ3) is 3.15. The monoisotopic (exact) mass is 262 g/mol. The van der Waals surface area contributed by atoms with Gasteiger partial charge in [0.05, 0.1) is 17.1 Å². The summed E-state index contributed by atoms with van der Waals surface area (Å²) < 4.78 is 0. The van der Waals surface area contributed by atoms with Crippen LogP contribution in [0.25, 0.3) is 0 Å². The van der Waals surface area contributed by atoms with Crippen LogP contribution in [0, 0.1) is 0 Å². The maximum atomic E-state index is 5.90. The number of aliphatic imine (C=N–C) groups is 1. The topological polar surface area (TPSA) is 90.4 Å². The molecule has 0 aliphatic rings. The quantitative estimate of drug-likeness (QED) is 0.441. The maximum absolute atomic E-state index is 5.90. The molecule has 0 aliphatic heterocycles. The minimum absolute atomic E-state index is 0. The molecule has 0 radical (unpaired) electrons. The van der Waals surface area contributed by atoms with E-state index >= 15 is 0 Å². The fourth-order valence-electron chi connectivity index (χ4n) is 1.44. The van der Waals surface area contributed by atoms with E-state index in [0.717, 1.165) is 11.3 Å². The molecule has 0 aromatic heterocycles. The molecule has 0 fully saturated rings. The second kappa shape index (κ2) is 5.93. The molecule has 0 heterocycles. The van der Waals surface area contributed by atoms with Gasteiger partial charge in [-0.15, -0.1) is 12.4 Å². The van der Waals surface area contributed by atoms with Gasteiger partial charge in [-0.1, -0.05) is 18.2 Å². The van der Waals surface area contributed by atoms with E-state index in [4.69, 9.17) is 17.2 Å². The third-order valence-corrected chi connectivity index (χ3v) is 2.39. The molecule has 0 atom stereocenters. The summed E-state index contributed by atoms with van der Waals surface area (Å²) >= 11 is 0. The zero-order chi connectivity index (χ0) is 12.3. The Morgan fingerprint density at radius 3 is 2.17 bits per heavy atom. The van der Waals surface area contributed by atoms with Crippen molar-refractivity contribution in [2.75, 3.05) is 11.5 Å². The lowest BCUT2D eigenvalue weighted by Crippen LogP contribution is -2.13. The zero-order valence-electron chi connectivity index (χ0n) is 9.71. The third-order valence-electron chi connectivity index (χ3n) is 2.39. The van der Waals surface area contributed by atoms with Crippen LogP contribution in [0.5, 0.6) is 0 Å². The summed E-state index contributed by atoms with van der Waals surface area (Å²) in [5.74, 6) is 0.419. The largest absolute Gasteiger partial charge is 0.397 e. The molecule has 5 heteroatoms. The molecule has 0 amide bonds. The number of para-hydroxylation sites is 1. The van der Waals surface area contributed by atoms with Crippen molar-refractivity contribution in [3.63, 3.8) is 0 Å². The van der Waals surface area contributed by atoms with Crippen LogP contribution < -0.4 is 17.2 Å². The maximum Gasteiger partial charge on any atom is 0.131 e. The number of hydrogen-bond donors (Lipinski definition) is 3. The first-order chi connectivity index (χ1) is 8.16. The zero-order valence-corrected chi connectivity index (χ0v) is 10.5. The van der Waals surface area contributed by atoms with Gasteiger partial charge in [-0.2, -0.15) is 0 Å². The van der Waals surface area contributed by atoms with Crippen LogP contribution >= 0.6 is 12.4 Å². The first kappa shape index (κ1) is 13.9. The Balaban J connectivity index is 0.00000162. The van der Waals surface area contributed by atoms with E-state index in [1.807, 2.05) is 30.3 Å². The fourth-order valence-corrected chi connectivity index (χ4v) is 1.44. The van der Waals surface area contributed by atoms with Crippen molar-refractivity contribution in [1.29, 1.82) is 0 Å². The number of nitrogens with zero attached hydrogens (tertiary/aromatic N) is 1. The predicted octanol–water partition coefficient (Wildman–Crippen LogP) is 2.31. The molecule has 4 nitrogen and oxygen atoms in total. The number of rotatable bonds is 2. The summed E-state index contributed by atoms with van der Waals surface area (Å²) in [5.41, 5.74) is 19.9. The molecule has 0 bridgehead atoms. The van der Waals surface area contributed by atoms with Gasteiger partial charge in [0.1, 0.15) is 5.84 Å². The summed E-state index contributed by atoms with van der Waals surface area (Å²) in [6, 6.07) is 14.7. The van der Waals surface area contributed by atoms with Gasteiger partial charge >= 0.3 is 0 Å². The summed E-state index contributed by atoms with van der Waals surface area (Å²) in [6.45, 7) is 0. The molecule has 0 saturated carbocycles. The van der Waals surface area contributed by atoms with Gasteiger partial charge in [0, 0.05) is 5.56 Å². The minimum atomic E-state index is 0. The van der Waals surface area contributed by atoms with Crippen LogP contribution in [-0.2, 0) is 0 Å². The first-order valence-corrected chi connectivity index (χ1v) is 5.21. The SMILES string of the molecule is Cl.NC(=Nc1ccccc1)c1ccc(N)c(N)c1. The Bertz CT molecular complexity index is 552. The smallest absolute Gasteiger partial charge is 0.131 e. The lowest BCUT2D eigenvalue weighted by Gasteiger charge is -2.04. The molecule has 2 rings (SSSR count). The Morgan fingerprint density at radius 1 is 0.889 bits per heavy atom. The van der Waals surface area contributed by atoms with Crippen molar-refractivity contribution >= 4 is 35.3 Å². The van der Waals surface area contributed by atoms with E-state index in [1.54, 1.807) is 18.2 Å². The van der Waals surface area contributed by atoms with Crippen molar-refractivity contribution in [3.05, 3.63) is 54.1 Å². The molecule has 2 aromatic carbocycles. The van der Waals surface area contributed by atoms with E-state index in [9.17, 15) is 0 Å². The van der Waals surface area contributed by atoms with Crippen molar-refractivity contribution in [1.82, 2.24) is 0 Å². The van der Waals surface area contributed by atoms with Crippen molar-refractivity contribution in [2.24, 2.45) is 10.7 Å². The number of benzene rings is 2. The second-order valence-electron chi connectivity index (χ2n) is 3.68. The molecule has 6 N–H and O–H groups in total. The standard InChI is InChI=1S/C13H14N4.ClH/c14-11-7-6-9(8-12(11)15)13(16)17-10-4-2-1-3-5-10;/h1-8H,14-15H2,(H2,16,17);1H. The van der Waals surface area contributed by atoms with Crippen molar-refractivity contribution < 1.29 is 0 Å². The van der Waals surface area contributed by atoms with E-state index in [0.29, 0.717) is 17.2 Å². The molecule has 18 heavy (non-hydrogen) atoms. The first-order valence-electron chi connectivity index (χ1n) is 5.21. The van der Waals surface area contributed by atoms with Crippen molar-refractivity contribution in [2.45, 2.75) is 0 Å². The van der Waals surface area contributed by atoms with Gasteiger partial charge in [-0.25, -0.2) is 4.99 Å². The predicted molar refractivity (Wildman–Crippen MR) is 79.3 cm³/mol. The highest BCUT2D eigenvalue weighted by Gasteiger charge is 2.01. The normalized spacial score (nSPS) is 10.8. The molecular weight excluding hydrogens is 248 g/mol. The van der Waals surface area contributed by atoms with Crippen LogP contribution in [0.15, 0.2) is 53.5 Å². The Hall–Kier alpha value is -2.20. The number of halogens is 1. The van der Waals surface area contributed by atoms with Crippen LogP contribution in [0.2, 0.25) is 0 Å². The lowest BCUT2D eigenvalue weighted by molar-refractivity contribution is 1.45. The van der Waals surface area contributed by atoms with Crippen LogP contribution in [0.3, 0.4) is 0 Å². The minimum Gasteiger partial charge on any atom is -0.397 e. The van der Waals surface area contributed by atoms with Crippen LogP contribution in [0.1, 0.15) is 5.56 Å². The summed E-state index contributed by atoms with van der Waals surface area (Å²) in [6.07, 6.45) is 0. The second-order valence-corrected chi connectivity index (χ2v) is 3.68. The fraction of sp³-hybridized carbons (Fsp3) is 0. The molecule has 2 aromatic rings. The van der Waals surface area contributed by atoms with Gasteiger partial charge in [-0.05, 0) is 30.3 Å². The number of hydrogen-bond acceptors (Lipinski definition) is 3. The highest BCUT2D eigenvalue weighted by atomic mass is 35.5.